The average molecular weight is 290 g/mol. The fourth-order valence-electron chi connectivity index (χ4n) is 2.12. The molecule has 5 heteroatoms. The van der Waals surface area contributed by atoms with Gasteiger partial charge in [0.05, 0.1) is 0 Å². The Kier molecular flexibility index (Phi) is 5.35. The Hall–Kier alpha value is -1.62. The zero-order valence-corrected chi connectivity index (χ0v) is 13.0. The number of nitrogen functional groups attached to an aromatic ring is 1. The minimum absolute atomic E-state index is 0.808. The summed E-state index contributed by atoms with van der Waals surface area (Å²) in [6.45, 7) is 6.15. The van der Waals surface area contributed by atoms with Crippen molar-refractivity contribution in [2.75, 3.05) is 17.2 Å². The molecule has 0 unspecified atom stereocenters. The predicted octanol–water partition coefficient (Wildman–Crippen LogP) is 3.49. The molecule has 0 saturated heterocycles. The topological polar surface area (TPSA) is 55.0 Å². The van der Waals surface area contributed by atoms with Gasteiger partial charge in [-0.2, -0.15) is 4.37 Å². The Morgan fingerprint density at radius 3 is 2.80 bits per heavy atom. The molecule has 0 amide bonds. The summed E-state index contributed by atoms with van der Waals surface area (Å²) in [5, 5.41) is 1.01. The number of nitrogens with zero attached hydrogens (tertiary/aromatic N) is 3. The van der Waals surface area contributed by atoms with Crippen LogP contribution >= 0.6 is 11.5 Å². The number of hydrogen-bond donors (Lipinski definition) is 1. The van der Waals surface area contributed by atoms with Crippen molar-refractivity contribution in [1.82, 2.24) is 9.36 Å². The molecular weight excluding hydrogens is 268 g/mol. The van der Waals surface area contributed by atoms with Gasteiger partial charge in [-0.25, -0.2) is 4.98 Å². The highest BCUT2D eigenvalue weighted by atomic mass is 32.1. The quantitative estimate of drug-likeness (QED) is 0.793. The summed E-state index contributed by atoms with van der Waals surface area (Å²) >= 11 is 1.49. The normalized spacial score (nSPS) is 10.7. The molecule has 4 nitrogen and oxygen atoms in total. The van der Waals surface area contributed by atoms with Gasteiger partial charge in [-0.3, -0.25) is 0 Å². The maximum atomic E-state index is 5.85. The summed E-state index contributed by atoms with van der Waals surface area (Å²) in [5.41, 5.74) is 7.87. The fourth-order valence-corrected chi connectivity index (χ4v) is 2.86. The van der Waals surface area contributed by atoms with E-state index >= 15 is 0 Å². The second kappa shape index (κ2) is 7.24. The molecule has 0 aliphatic rings. The highest BCUT2D eigenvalue weighted by Crippen LogP contribution is 2.21. The van der Waals surface area contributed by atoms with E-state index in [-0.39, 0.29) is 0 Å². The molecule has 2 N–H and O–H groups in total. The standard InChI is InChI=1S/C15H22N4S/c1-3-6-14-17-15(20-18-14)19(9-4-2)11-12-7-5-8-13(16)10-12/h5,7-8,10H,3-4,6,9,11,16H2,1-2H3. The number of anilines is 2. The van der Waals surface area contributed by atoms with Gasteiger partial charge in [-0.05, 0) is 30.5 Å². The van der Waals surface area contributed by atoms with E-state index in [2.05, 4.69) is 34.2 Å². The van der Waals surface area contributed by atoms with E-state index in [0.29, 0.717) is 0 Å². The maximum absolute atomic E-state index is 5.85. The van der Waals surface area contributed by atoms with Crippen LogP contribution in [0.2, 0.25) is 0 Å². The first-order chi connectivity index (χ1) is 9.72. The van der Waals surface area contributed by atoms with Crippen LogP contribution in [0.15, 0.2) is 24.3 Å². The summed E-state index contributed by atoms with van der Waals surface area (Å²) in [6.07, 6.45) is 3.12. The highest BCUT2D eigenvalue weighted by Gasteiger charge is 2.12. The van der Waals surface area contributed by atoms with Crippen LogP contribution in [0.4, 0.5) is 10.8 Å². The van der Waals surface area contributed by atoms with E-state index in [1.54, 1.807) is 0 Å². The second-order valence-corrected chi connectivity index (χ2v) is 5.64. The van der Waals surface area contributed by atoms with Crippen molar-refractivity contribution in [3.05, 3.63) is 35.7 Å². The van der Waals surface area contributed by atoms with Crippen LogP contribution in [0.3, 0.4) is 0 Å². The molecule has 0 radical (unpaired) electrons. The summed E-state index contributed by atoms with van der Waals surface area (Å²) in [7, 11) is 0. The summed E-state index contributed by atoms with van der Waals surface area (Å²) in [5.74, 6) is 0.959. The summed E-state index contributed by atoms with van der Waals surface area (Å²) in [4.78, 5) is 6.92. The number of aromatic nitrogens is 2. The van der Waals surface area contributed by atoms with Gasteiger partial charge in [0.2, 0.25) is 5.13 Å². The van der Waals surface area contributed by atoms with Crippen molar-refractivity contribution < 1.29 is 0 Å². The molecule has 108 valence electrons. The maximum Gasteiger partial charge on any atom is 0.205 e. The van der Waals surface area contributed by atoms with Gasteiger partial charge in [0.25, 0.3) is 0 Å². The third-order valence-electron chi connectivity index (χ3n) is 3.02. The molecule has 0 aliphatic heterocycles. The number of nitrogens with two attached hydrogens (primary N) is 1. The van der Waals surface area contributed by atoms with Crippen LogP contribution in [0.25, 0.3) is 0 Å². The second-order valence-electron chi connectivity index (χ2n) is 4.91. The molecule has 0 fully saturated rings. The monoisotopic (exact) mass is 290 g/mol. The molecule has 1 heterocycles. The summed E-state index contributed by atoms with van der Waals surface area (Å²) in [6, 6.07) is 8.04. The third-order valence-corrected chi connectivity index (χ3v) is 3.83. The molecule has 1 aromatic carbocycles. The summed E-state index contributed by atoms with van der Waals surface area (Å²) < 4.78 is 4.43. The number of rotatable bonds is 7. The molecule has 0 atom stereocenters. The van der Waals surface area contributed by atoms with Crippen molar-refractivity contribution in [2.45, 2.75) is 39.7 Å². The van der Waals surface area contributed by atoms with Crippen LogP contribution in [0.5, 0.6) is 0 Å². The van der Waals surface area contributed by atoms with E-state index in [9.17, 15) is 0 Å². The molecule has 2 aromatic rings. The molecule has 0 aliphatic carbocycles. The Labute approximate surface area is 124 Å². The van der Waals surface area contributed by atoms with Crippen molar-refractivity contribution >= 4 is 22.4 Å². The van der Waals surface area contributed by atoms with Crippen LogP contribution in [-0.2, 0) is 13.0 Å². The minimum atomic E-state index is 0.808. The Morgan fingerprint density at radius 1 is 1.25 bits per heavy atom. The Morgan fingerprint density at radius 2 is 2.10 bits per heavy atom. The smallest absolute Gasteiger partial charge is 0.205 e. The zero-order chi connectivity index (χ0) is 14.4. The first-order valence-corrected chi connectivity index (χ1v) is 7.92. The average Bonchev–Trinajstić information content (AvgIpc) is 2.87. The van der Waals surface area contributed by atoms with E-state index in [1.165, 1.54) is 17.1 Å². The van der Waals surface area contributed by atoms with Gasteiger partial charge in [0.1, 0.15) is 5.82 Å². The Balaban J connectivity index is 2.13. The van der Waals surface area contributed by atoms with Crippen LogP contribution in [-0.4, -0.2) is 15.9 Å². The van der Waals surface area contributed by atoms with E-state index in [1.807, 2.05) is 18.2 Å². The van der Waals surface area contributed by atoms with Gasteiger partial charge in [0.15, 0.2) is 0 Å². The zero-order valence-electron chi connectivity index (χ0n) is 12.2. The molecule has 2 rings (SSSR count). The van der Waals surface area contributed by atoms with Gasteiger partial charge in [-0.1, -0.05) is 26.0 Å². The minimum Gasteiger partial charge on any atom is -0.399 e. The van der Waals surface area contributed by atoms with Crippen molar-refractivity contribution in [2.24, 2.45) is 0 Å². The first kappa shape index (κ1) is 14.8. The molecule has 0 bridgehead atoms. The van der Waals surface area contributed by atoms with E-state index < -0.39 is 0 Å². The highest BCUT2D eigenvalue weighted by molar-refractivity contribution is 7.09. The van der Waals surface area contributed by atoms with E-state index in [4.69, 9.17) is 5.73 Å². The van der Waals surface area contributed by atoms with E-state index in [0.717, 1.165) is 49.0 Å². The SMILES string of the molecule is CCCc1nsc(N(CCC)Cc2cccc(N)c2)n1. The lowest BCUT2D eigenvalue weighted by atomic mass is 10.2. The lowest BCUT2D eigenvalue weighted by molar-refractivity contribution is 0.758. The first-order valence-electron chi connectivity index (χ1n) is 7.14. The van der Waals surface area contributed by atoms with Crippen LogP contribution in [0, 0.1) is 0 Å². The van der Waals surface area contributed by atoms with Gasteiger partial charge < -0.3 is 10.6 Å². The lowest BCUT2D eigenvalue weighted by Gasteiger charge is -2.20. The largest absolute Gasteiger partial charge is 0.399 e. The van der Waals surface area contributed by atoms with Crippen molar-refractivity contribution in [3.8, 4) is 0 Å². The number of aryl methyl sites for hydroxylation is 1. The molecule has 20 heavy (non-hydrogen) atoms. The number of benzene rings is 1. The Bertz CT molecular complexity index is 538. The third kappa shape index (κ3) is 3.93. The molecule has 0 spiro atoms. The van der Waals surface area contributed by atoms with Gasteiger partial charge >= 0.3 is 0 Å². The van der Waals surface area contributed by atoms with Gasteiger partial charge in [-0.15, -0.1) is 0 Å². The van der Waals surface area contributed by atoms with Crippen LogP contribution in [0.1, 0.15) is 38.1 Å². The number of hydrogen-bond acceptors (Lipinski definition) is 5. The molecular formula is C15H22N4S. The molecule has 1 aromatic heterocycles. The fraction of sp³-hybridized carbons (Fsp3) is 0.467. The lowest BCUT2D eigenvalue weighted by Crippen LogP contribution is -2.23. The van der Waals surface area contributed by atoms with Crippen molar-refractivity contribution in [3.63, 3.8) is 0 Å². The van der Waals surface area contributed by atoms with Crippen LogP contribution < -0.4 is 10.6 Å². The molecule has 0 saturated carbocycles. The predicted molar refractivity (Wildman–Crippen MR) is 86.1 cm³/mol. The van der Waals surface area contributed by atoms with Gasteiger partial charge in [0, 0.05) is 36.7 Å². The van der Waals surface area contributed by atoms with Crippen molar-refractivity contribution in [1.29, 1.82) is 0 Å².